The number of benzene rings is 2. The van der Waals surface area contributed by atoms with Gasteiger partial charge in [-0.2, -0.15) is 0 Å². The maximum absolute atomic E-state index is 11.5. The van der Waals surface area contributed by atoms with E-state index in [-0.39, 0.29) is 6.04 Å². The molecule has 7 heteroatoms. The molecule has 2 aromatic carbocycles. The molecule has 0 radical (unpaired) electrons. The number of rotatable bonds is 4. The summed E-state index contributed by atoms with van der Waals surface area (Å²) in [7, 11) is 0. The molecule has 1 amide bonds. The molecule has 3 N–H and O–H groups in total. The molecular weight excluding hydrogens is 349 g/mol. The molecule has 3 rings (SSSR count). The summed E-state index contributed by atoms with van der Waals surface area (Å²) in [6.07, 6.45) is 0.984. The monoisotopic (exact) mass is 365 g/mol. The zero-order valence-electron chi connectivity index (χ0n) is 12.8. The number of halogens is 2. The number of hydrogen-bond donors (Lipinski definition) is 3. The lowest BCUT2D eigenvalue weighted by Gasteiger charge is -2.31. The van der Waals surface area contributed by atoms with E-state index in [0.717, 1.165) is 30.9 Å². The highest BCUT2D eigenvalue weighted by molar-refractivity contribution is 6.36. The lowest BCUT2D eigenvalue weighted by atomic mass is 10.1. The third-order valence-corrected chi connectivity index (χ3v) is 4.62. The van der Waals surface area contributed by atoms with Crippen molar-refractivity contribution in [3.05, 3.63) is 58.1 Å². The number of amides is 1. The Balaban J connectivity index is 2.00. The van der Waals surface area contributed by atoms with Gasteiger partial charge in [-0.15, -0.1) is 0 Å². The Morgan fingerprint density at radius 3 is 2.54 bits per heavy atom. The van der Waals surface area contributed by atoms with E-state index >= 15 is 0 Å². The first kappa shape index (κ1) is 17.0. The van der Waals surface area contributed by atoms with Crippen LogP contribution in [-0.4, -0.2) is 30.2 Å². The van der Waals surface area contributed by atoms with E-state index in [2.05, 4.69) is 10.2 Å². The molecule has 0 bridgehead atoms. The summed E-state index contributed by atoms with van der Waals surface area (Å²) in [5.41, 5.74) is 3.80. The third-order valence-electron chi connectivity index (χ3n) is 4.08. The van der Waals surface area contributed by atoms with Gasteiger partial charge in [0, 0.05) is 28.9 Å². The quantitative estimate of drug-likeness (QED) is 0.571. The summed E-state index contributed by atoms with van der Waals surface area (Å²) in [4.78, 5) is 13.6. The first-order chi connectivity index (χ1) is 11.6. The lowest BCUT2D eigenvalue weighted by Crippen LogP contribution is -2.33. The normalized spacial score (nSPS) is 16.9. The van der Waals surface area contributed by atoms with Gasteiger partial charge >= 0.3 is 0 Å². The van der Waals surface area contributed by atoms with Gasteiger partial charge < -0.3 is 10.2 Å². The Bertz CT molecular complexity index is 731. The van der Waals surface area contributed by atoms with Crippen LogP contribution in [0.3, 0.4) is 0 Å². The maximum atomic E-state index is 11.5. The second kappa shape index (κ2) is 7.40. The Hall–Kier alpha value is -1.79. The second-order valence-corrected chi connectivity index (χ2v) is 6.44. The van der Waals surface area contributed by atoms with Gasteiger partial charge in [-0.25, -0.2) is 5.48 Å². The highest BCUT2D eigenvalue weighted by Crippen LogP contribution is 2.36. The summed E-state index contributed by atoms with van der Waals surface area (Å²) >= 11 is 12.4. The van der Waals surface area contributed by atoms with Crippen molar-refractivity contribution in [2.45, 2.75) is 12.5 Å². The molecule has 0 aromatic heterocycles. The van der Waals surface area contributed by atoms with Crippen molar-refractivity contribution in [3.63, 3.8) is 0 Å². The van der Waals surface area contributed by atoms with Crippen LogP contribution in [-0.2, 0) is 0 Å². The highest BCUT2D eigenvalue weighted by Gasteiger charge is 2.25. The van der Waals surface area contributed by atoms with Crippen molar-refractivity contribution in [2.75, 3.05) is 18.0 Å². The van der Waals surface area contributed by atoms with E-state index in [4.69, 9.17) is 28.4 Å². The van der Waals surface area contributed by atoms with Crippen molar-refractivity contribution < 1.29 is 10.0 Å². The average molecular weight is 366 g/mol. The first-order valence-electron chi connectivity index (χ1n) is 7.59. The summed E-state index contributed by atoms with van der Waals surface area (Å²) in [6, 6.07) is 12.7. The molecule has 0 saturated carbocycles. The molecule has 24 heavy (non-hydrogen) atoms. The van der Waals surface area contributed by atoms with Crippen LogP contribution in [0.2, 0.25) is 10.0 Å². The third kappa shape index (κ3) is 3.49. The van der Waals surface area contributed by atoms with Gasteiger partial charge in [0.1, 0.15) is 0 Å². The van der Waals surface area contributed by atoms with Crippen LogP contribution in [0.4, 0.5) is 11.4 Å². The van der Waals surface area contributed by atoms with E-state index in [1.165, 1.54) is 0 Å². The molecule has 126 valence electrons. The SMILES string of the molecule is O=C(NO)c1ccc(N(c2ccc(Cl)cc2Cl)C2CCNC2)cc1. The predicted octanol–water partition coefficient (Wildman–Crippen LogP) is 3.61. The van der Waals surface area contributed by atoms with E-state index in [1.54, 1.807) is 23.7 Å². The largest absolute Gasteiger partial charge is 0.336 e. The summed E-state index contributed by atoms with van der Waals surface area (Å²) in [6.45, 7) is 1.79. The molecule has 1 aliphatic rings. The second-order valence-electron chi connectivity index (χ2n) is 5.60. The summed E-state index contributed by atoms with van der Waals surface area (Å²) in [5.74, 6) is -0.542. The number of anilines is 2. The molecular formula is C17H17Cl2N3O2. The molecule has 5 nitrogen and oxygen atoms in total. The number of carbonyl (C=O) groups excluding carboxylic acids is 1. The molecule has 1 heterocycles. The number of nitrogens with zero attached hydrogens (tertiary/aromatic N) is 1. The number of nitrogens with one attached hydrogen (secondary N) is 2. The maximum Gasteiger partial charge on any atom is 0.274 e. The van der Waals surface area contributed by atoms with Crippen LogP contribution in [0, 0.1) is 0 Å². The average Bonchev–Trinajstić information content (AvgIpc) is 3.11. The van der Waals surface area contributed by atoms with Crippen LogP contribution in [0.1, 0.15) is 16.8 Å². The molecule has 1 atom stereocenters. The molecule has 1 fully saturated rings. The highest BCUT2D eigenvalue weighted by atomic mass is 35.5. The first-order valence-corrected chi connectivity index (χ1v) is 8.35. The van der Waals surface area contributed by atoms with Gasteiger partial charge in [-0.05, 0) is 55.4 Å². The smallest absolute Gasteiger partial charge is 0.274 e. The molecule has 1 saturated heterocycles. The van der Waals surface area contributed by atoms with Gasteiger partial charge in [0.2, 0.25) is 0 Å². The molecule has 0 spiro atoms. The summed E-state index contributed by atoms with van der Waals surface area (Å²) in [5, 5.41) is 13.2. The van der Waals surface area contributed by atoms with Crippen LogP contribution in [0.5, 0.6) is 0 Å². The lowest BCUT2D eigenvalue weighted by molar-refractivity contribution is 0.0706. The molecule has 2 aromatic rings. The van der Waals surface area contributed by atoms with E-state index < -0.39 is 5.91 Å². The Morgan fingerprint density at radius 2 is 1.96 bits per heavy atom. The minimum Gasteiger partial charge on any atom is -0.336 e. The van der Waals surface area contributed by atoms with Crippen LogP contribution in [0.15, 0.2) is 42.5 Å². The van der Waals surface area contributed by atoms with Gasteiger partial charge in [-0.1, -0.05) is 23.2 Å². The van der Waals surface area contributed by atoms with Gasteiger partial charge in [0.05, 0.1) is 10.7 Å². The predicted molar refractivity (Wildman–Crippen MR) is 95.6 cm³/mol. The van der Waals surface area contributed by atoms with Crippen molar-refractivity contribution in [1.29, 1.82) is 0 Å². The standard InChI is InChI=1S/C17H17Cl2N3O2/c18-12-3-6-16(15(19)9-12)22(14-7-8-20-10-14)13-4-1-11(2-5-13)17(23)21-24/h1-6,9,14,20,24H,7-8,10H2,(H,21,23). The Kier molecular flexibility index (Phi) is 5.26. The Labute approximate surface area is 150 Å². The fraction of sp³-hybridized carbons (Fsp3) is 0.235. The molecule has 1 unspecified atom stereocenters. The zero-order chi connectivity index (χ0) is 17.1. The van der Waals surface area contributed by atoms with Crippen LogP contribution >= 0.6 is 23.2 Å². The van der Waals surface area contributed by atoms with Crippen molar-refractivity contribution in [3.8, 4) is 0 Å². The number of carbonyl (C=O) groups is 1. The number of hydrogen-bond acceptors (Lipinski definition) is 4. The Morgan fingerprint density at radius 1 is 1.21 bits per heavy atom. The number of hydroxylamine groups is 1. The molecule has 1 aliphatic heterocycles. The minimum absolute atomic E-state index is 0.251. The molecule has 0 aliphatic carbocycles. The van der Waals surface area contributed by atoms with E-state index in [0.29, 0.717) is 15.6 Å². The van der Waals surface area contributed by atoms with E-state index in [9.17, 15) is 4.79 Å². The fourth-order valence-corrected chi connectivity index (χ4v) is 3.42. The van der Waals surface area contributed by atoms with Crippen molar-refractivity contribution in [1.82, 2.24) is 10.8 Å². The minimum atomic E-state index is -0.542. The van der Waals surface area contributed by atoms with Gasteiger partial charge in [-0.3, -0.25) is 10.0 Å². The van der Waals surface area contributed by atoms with Gasteiger partial charge in [0.15, 0.2) is 0 Å². The summed E-state index contributed by atoms with van der Waals surface area (Å²) < 4.78 is 0. The van der Waals surface area contributed by atoms with Crippen LogP contribution < -0.4 is 15.7 Å². The fourth-order valence-electron chi connectivity index (χ4n) is 2.92. The van der Waals surface area contributed by atoms with E-state index in [1.807, 2.05) is 24.3 Å². The van der Waals surface area contributed by atoms with Crippen LogP contribution in [0.25, 0.3) is 0 Å². The van der Waals surface area contributed by atoms with Crippen molar-refractivity contribution >= 4 is 40.5 Å². The van der Waals surface area contributed by atoms with Crippen molar-refractivity contribution in [2.24, 2.45) is 0 Å². The topological polar surface area (TPSA) is 64.6 Å². The van der Waals surface area contributed by atoms with Gasteiger partial charge in [0.25, 0.3) is 5.91 Å². The zero-order valence-corrected chi connectivity index (χ0v) is 14.3.